The number of piperidine rings is 1. The molecular formula is C18H26N2O3S. The van der Waals surface area contributed by atoms with Crippen LogP contribution in [0, 0.1) is 0 Å². The van der Waals surface area contributed by atoms with Crippen LogP contribution in [0.5, 0.6) is 0 Å². The summed E-state index contributed by atoms with van der Waals surface area (Å²) in [4.78, 5) is 2.28. The van der Waals surface area contributed by atoms with E-state index in [4.69, 9.17) is 0 Å². The normalized spacial score (nSPS) is 34.2. The Morgan fingerprint density at radius 3 is 2.62 bits per heavy atom. The molecule has 4 atom stereocenters. The maximum atomic E-state index is 13.2. The van der Waals surface area contributed by atoms with Crippen LogP contribution in [0.2, 0.25) is 0 Å². The molecule has 24 heavy (non-hydrogen) atoms. The van der Waals surface area contributed by atoms with Crippen LogP contribution >= 0.6 is 0 Å². The van der Waals surface area contributed by atoms with Gasteiger partial charge < -0.3 is 5.11 Å². The molecule has 4 rings (SSSR count). The molecule has 1 aromatic rings. The van der Waals surface area contributed by atoms with Crippen LogP contribution in [0.4, 0.5) is 0 Å². The molecule has 1 saturated carbocycles. The molecule has 0 radical (unpaired) electrons. The van der Waals surface area contributed by atoms with Crippen molar-refractivity contribution >= 4 is 10.0 Å². The first-order chi connectivity index (χ1) is 11.6. The Kier molecular flexibility index (Phi) is 4.41. The zero-order valence-electron chi connectivity index (χ0n) is 13.9. The molecule has 2 aliphatic heterocycles. The van der Waals surface area contributed by atoms with E-state index in [-0.39, 0.29) is 29.9 Å². The molecule has 132 valence electrons. The Hall–Kier alpha value is -0.950. The van der Waals surface area contributed by atoms with Crippen molar-refractivity contribution in [1.29, 1.82) is 0 Å². The summed E-state index contributed by atoms with van der Waals surface area (Å²) in [5.74, 6) is 0.160. The lowest BCUT2D eigenvalue weighted by Gasteiger charge is -2.39. The number of sulfonamides is 1. The largest absolute Gasteiger partial charge is 0.395 e. The molecule has 1 aliphatic carbocycles. The monoisotopic (exact) mass is 350 g/mol. The van der Waals surface area contributed by atoms with E-state index < -0.39 is 10.0 Å². The first kappa shape index (κ1) is 16.5. The first-order valence-corrected chi connectivity index (χ1v) is 10.5. The minimum Gasteiger partial charge on any atom is -0.395 e. The summed E-state index contributed by atoms with van der Waals surface area (Å²) in [7, 11) is -3.23. The van der Waals surface area contributed by atoms with Gasteiger partial charge in [-0.15, -0.1) is 0 Å². The van der Waals surface area contributed by atoms with E-state index >= 15 is 0 Å². The van der Waals surface area contributed by atoms with Gasteiger partial charge in [-0.2, -0.15) is 4.31 Å². The van der Waals surface area contributed by atoms with Crippen molar-refractivity contribution in [2.75, 3.05) is 26.2 Å². The zero-order valence-corrected chi connectivity index (χ0v) is 14.7. The highest BCUT2D eigenvalue weighted by Gasteiger charge is 2.54. The lowest BCUT2D eigenvalue weighted by Crippen LogP contribution is -2.52. The highest BCUT2D eigenvalue weighted by atomic mass is 32.2. The third-order valence-corrected chi connectivity index (χ3v) is 8.32. The molecule has 0 spiro atoms. The van der Waals surface area contributed by atoms with Crippen molar-refractivity contribution in [3.63, 3.8) is 0 Å². The maximum absolute atomic E-state index is 13.2. The predicted molar refractivity (Wildman–Crippen MR) is 93.3 cm³/mol. The molecule has 5 nitrogen and oxygen atoms in total. The van der Waals surface area contributed by atoms with Crippen molar-refractivity contribution < 1.29 is 13.5 Å². The van der Waals surface area contributed by atoms with Gasteiger partial charge in [0.1, 0.15) is 0 Å². The van der Waals surface area contributed by atoms with Gasteiger partial charge in [0.05, 0.1) is 11.9 Å². The third kappa shape index (κ3) is 2.79. The molecule has 1 aromatic carbocycles. The predicted octanol–water partition coefficient (Wildman–Crippen LogP) is 1.40. The molecular weight excluding hydrogens is 324 g/mol. The second-order valence-corrected chi connectivity index (χ2v) is 9.38. The van der Waals surface area contributed by atoms with Crippen molar-refractivity contribution in [2.24, 2.45) is 0 Å². The van der Waals surface area contributed by atoms with E-state index in [2.05, 4.69) is 4.90 Å². The van der Waals surface area contributed by atoms with Gasteiger partial charge in [-0.25, -0.2) is 8.42 Å². The van der Waals surface area contributed by atoms with Crippen molar-refractivity contribution in [1.82, 2.24) is 9.21 Å². The topological polar surface area (TPSA) is 60.9 Å². The summed E-state index contributed by atoms with van der Waals surface area (Å²) in [6.07, 6.45) is 3.61. The van der Waals surface area contributed by atoms with Crippen molar-refractivity contribution in [3.05, 3.63) is 35.9 Å². The highest BCUT2D eigenvalue weighted by Crippen LogP contribution is 2.48. The average molecular weight is 350 g/mol. The first-order valence-electron chi connectivity index (χ1n) is 9.03. The summed E-state index contributed by atoms with van der Waals surface area (Å²) in [5, 5.41) is 9.01. The maximum Gasteiger partial charge on any atom is 0.217 e. The quantitative estimate of drug-likeness (QED) is 0.872. The second-order valence-electron chi connectivity index (χ2n) is 7.27. The van der Waals surface area contributed by atoms with Gasteiger partial charge >= 0.3 is 0 Å². The number of nitrogens with zero attached hydrogens (tertiary/aromatic N) is 2. The van der Waals surface area contributed by atoms with Crippen LogP contribution in [0.25, 0.3) is 0 Å². The fourth-order valence-corrected chi connectivity index (χ4v) is 7.04. The van der Waals surface area contributed by atoms with E-state index in [1.807, 2.05) is 30.3 Å². The van der Waals surface area contributed by atoms with E-state index in [0.717, 1.165) is 37.8 Å². The van der Waals surface area contributed by atoms with Crippen molar-refractivity contribution in [2.45, 2.75) is 48.9 Å². The van der Waals surface area contributed by atoms with Crippen LogP contribution in [0.15, 0.2) is 30.3 Å². The Bertz CT molecular complexity index is 677. The summed E-state index contributed by atoms with van der Waals surface area (Å²) in [6.45, 7) is 2.42. The number of β-amino-alcohol motifs (C(OH)–C–C–N with tert-alkyl or cyclic N) is 1. The Labute approximate surface area is 144 Å². The number of fused-ring (bicyclic) bond motifs is 1. The summed E-state index contributed by atoms with van der Waals surface area (Å²) in [6, 6.07) is 10.4. The minimum absolute atomic E-state index is 0.104. The lowest BCUT2D eigenvalue weighted by molar-refractivity contribution is 0.0970. The fourth-order valence-electron chi connectivity index (χ4n) is 4.69. The molecule has 2 heterocycles. The van der Waals surface area contributed by atoms with Gasteiger partial charge in [0, 0.05) is 31.1 Å². The van der Waals surface area contributed by atoms with Crippen molar-refractivity contribution in [3.8, 4) is 0 Å². The smallest absolute Gasteiger partial charge is 0.217 e. The second kappa shape index (κ2) is 6.41. The van der Waals surface area contributed by atoms with E-state index in [0.29, 0.717) is 13.1 Å². The number of aliphatic hydroxyl groups excluding tert-OH is 1. The van der Waals surface area contributed by atoms with Gasteiger partial charge in [-0.1, -0.05) is 30.3 Å². The van der Waals surface area contributed by atoms with Gasteiger partial charge in [-0.3, -0.25) is 4.90 Å². The minimum atomic E-state index is -3.23. The van der Waals surface area contributed by atoms with E-state index in [1.54, 1.807) is 4.31 Å². The molecule has 2 saturated heterocycles. The van der Waals surface area contributed by atoms with Gasteiger partial charge in [0.2, 0.25) is 10.0 Å². The van der Waals surface area contributed by atoms with Gasteiger partial charge in [0.25, 0.3) is 0 Å². The van der Waals surface area contributed by atoms with Crippen LogP contribution in [0.1, 0.15) is 37.2 Å². The number of likely N-dealkylation sites (tertiary alicyclic amines) is 1. The molecule has 0 amide bonds. The standard InChI is InChI=1S/C18H26N2O3S/c21-12-11-19-9-4-7-17-16(19)8-10-20(17)24(22,23)18-13-15(18)14-5-2-1-3-6-14/h1-3,5-6,15-18,21H,4,7-13H2. The number of rotatable bonds is 5. The van der Waals surface area contributed by atoms with Gasteiger partial charge in [-0.05, 0) is 37.8 Å². The van der Waals surface area contributed by atoms with Crippen LogP contribution in [-0.2, 0) is 10.0 Å². The van der Waals surface area contributed by atoms with Crippen LogP contribution < -0.4 is 0 Å². The molecule has 3 fully saturated rings. The van der Waals surface area contributed by atoms with Crippen LogP contribution in [-0.4, -0.2) is 66.3 Å². The number of hydrogen-bond acceptors (Lipinski definition) is 4. The molecule has 1 N–H and O–H groups in total. The molecule has 6 heteroatoms. The van der Waals surface area contributed by atoms with Gasteiger partial charge in [0.15, 0.2) is 0 Å². The fraction of sp³-hybridized carbons (Fsp3) is 0.667. The Morgan fingerprint density at radius 2 is 1.88 bits per heavy atom. The Morgan fingerprint density at radius 1 is 1.08 bits per heavy atom. The average Bonchev–Trinajstić information content (AvgIpc) is 3.29. The van der Waals surface area contributed by atoms with E-state index in [9.17, 15) is 13.5 Å². The Balaban J connectivity index is 1.50. The molecule has 4 unspecified atom stereocenters. The molecule has 3 aliphatic rings. The summed E-state index contributed by atoms with van der Waals surface area (Å²) in [5.41, 5.74) is 1.15. The summed E-state index contributed by atoms with van der Waals surface area (Å²) >= 11 is 0. The van der Waals surface area contributed by atoms with Crippen LogP contribution in [0.3, 0.4) is 0 Å². The number of benzene rings is 1. The van der Waals surface area contributed by atoms with E-state index in [1.165, 1.54) is 0 Å². The third-order valence-electron chi connectivity index (χ3n) is 5.93. The molecule has 0 bridgehead atoms. The lowest BCUT2D eigenvalue weighted by atomic mass is 9.97. The number of aliphatic hydroxyl groups is 1. The molecule has 0 aromatic heterocycles. The summed E-state index contributed by atoms with van der Waals surface area (Å²) < 4.78 is 28.1. The SMILES string of the molecule is O=S(=O)(C1CC1c1ccccc1)N1CCC2C1CCCN2CCO. The zero-order chi connectivity index (χ0) is 16.7. The number of hydrogen-bond donors (Lipinski definition) is 1. The highest BCUT2D eigenvalue weighted by molar-refractivity contribution is 7.90.